The Hall–Kier alpha value is -0.770. The highest BCUT2D eigenvalue weighted by Crippen LogP contribution is 2.24. The van der Waals surface area contributed by atoms with E-state index in [-0.39, 0.29) is 24.6 Å². The minimum Gasteiger partial charge on any atom is -0.396 e. The van der Waals surface area contributed by atoms with Crippen LogP contribution in [0.25, 0.3) is 0 Å². The highest BCUT2D eigenvalue weighted by Gasteiger charge is 2.26. The zero-order valence-corrected chi connectivity index (χ0v) is 10.4. The van der Waals surface area contributed by atoms with Gasteiger partial charge in [0.2, 0.25) is 0 Å². The maximum absolute atomic E-state index is 11.9. The van der Waals surface area contributed by atoms with Gasteiger partial charge in [-0.05, 0) is 26.7 Å². The van der Waals surface area contributed by atoms with Crippen LogP contribution < -0.4 is 5.32 Å². The molecule has 4 heteroatoms. The number of amides is 2. The van der Waals surface area contributed by atoms with Gasteiger partial charge in [-0.25, -0.2) is 4.79 Å². The van der Waals surface area contributed by atoms with Gasteiger partial charge in [0.05, 0.1) is 0 Å². The topological polar surface area (TPSA) is 52.6 Å². The average Bonchev–Trinajstić information content (AvgIpc) is 2.31. The number of aliphatic hydroxyl groups is 1. The third-order valence-corrected chi connectivity index (χ3v) is 3.50. The van der Waals surface area contributed by atoms with E-state index in [1.165, 1.54) is 6.42 Å². The van der Waals surface area contributed by atoms with Gasteiger partial charge < -0.3 is 15.3 Å². The Morgan fingerprint density at radius 2 is 1.94 bits per heavy atom. The monoisotopic (exact) mass is 228 g/mol. The lowest BCUT2D eigenvalue weighted by atomic mass is 9.85. The van der Waals surface area contributed by atoms with Gasteiger partial charge >= 0.3 is 6.03 Å². The second kappa shape index (κ2) is 6.74. The quantitative estimate of drug-likeness (QED) is 0.767. The first kappa shape index (κ1) is 13.3. The summed E-state index contributed by atoms with van der Waals surface area (Å²) in [6.45, 7) is 5.61. The Morgan fingerprint density at radius 1 is 1.31 bits per heavy atom. The Morgan fingerprint density at radius 3 is 2.50 bits per heavy atom. The van der Waals surface area contributed by atoms with E-state index in [4.69, 9.17) is 0 Å². The molecule has 1 saturated carbocycles. The summed E-state index contributed by atoms with van der Waals surface area (Å²) >= 11 is 0. The van der Waals surface area contributed by atoms with E-state index in [1.54, 1.807) is 4.90 Å². The van der Waals surface area contributed by atoms with Gasteiger partial charge in [-0.2, -0.15) is 0 Å². The van der Waals surface area contributed by atoms with Crippen LogP contribution in [-0.2, 0) is 0 Å². The molecule has 1 rings (SSSR count). The van der Waals surface area contributed by atoms with E-state index in [1.807, 2.05) is 13.8 Å². The summed E-state index contributed by atoms with van der Waals surface area (Å²) in [6, 6.07) is 0.169. The Labute approximate surface area is 98.0 Å². The largest absolute Gasteiger partial charge is 0.396 e. The lowest BCUT2D eigenvalue weighted by Gasteiger charge is -2.32. The van der Waals surface area contributed by atoms with Gasteiger partial charge in [0.25, 0.3) is 0 Å². The molecule has 2 amide bonds. The summed E-state index contributed by atoms with van der Waals surface area (Å²) in [7, 11) is 0. The summed E-state index contributed by atoms with van der Waals surface area (Å²) < 4.78 is 0. The molecule has 0 aromatic heterocycles. The van der Waals surface area contributed by atoms with E-state index in [0.29, 0.717) is 0 Å². The zero-order chi connectivity index (χ0) is 12.0. The van der Waals surface area contributed by atoms with Crippen molar-refractivity contribution in [3.63, 3.8) is 0 Å². The standard InChI is InChI=1S/C12H24N2O2/c1-3-14(4-2)12(16)13-11-8-6-5-7-10(11)9-15/h10-11,15H,3-9H2,1-2H3,(H,13,16). The van der Waals surface area contributed by atoms with Crippen LogP contribution in [0.1, 0.15) is 39.5 Å². The van der Waals surface area contributed by atoms with Crippen molar-refractivity contribution in [3.8, 4) is 0 Å². The third kappa shape index (κ3) is 3.37. The Bertz CT molecular complexity index is 217. The molecule has 0 aromatic rings. The van der Waals surface area contributed by atoms with Gasteiger partial charge in [0.15, 0.2) is 0 Å². The van der Waals surface area contributed by atoms with Crippen molar-refractivity contribution in [2.75, 3.05) is 19.7 Å². The highest BCUT2D eigenvalue weighted by molar-refractivity contribution is 5.74. The van der Waals surface area contributed by atoms with Crippen molar-refractivity contribution in [3.05, 3.63) is 0 Å². The SMILES string of the molecule is CCN(CC)C(=O)NC1CCCCC1CO. The highest BCUT2D eigenvalue weighted by atomic mass is 16.3. The predicted octanol–water partition coefficient (Wildman–Crippen LogP) is 1.59. The van der Waals surface area contributed by atoms with E-state index in [0.717, 1.165) is 32.4 Å². The molecule has 16 heavy (non-hydrogen) atoms. The first-order valence-corrected chi connectivity index (χ1v) is 6.39. The van der Waals surface area contributed by atoms with E-state index >= 15 is 0 Å². The van der Waals surface area contributed by atoms with E-state index in [2.05, 4.69) is 5.32 Å². The average molecular weight is 228 g/mol. The molecule has 0 radical (unpaired) electrons. The third-order valence-electron chi connectivity index (χ3n) is 3.50. The number of rotatable bonds is 4. The fourth-order valence-electron chi connectivity index (χ4n) is 2.38. The minimum absolute atomic E-state index is 0.00958. The first-order valence-electron chi connectivity index (χ1n) is 6.39. The summed E-state index contributed by atoms with van der Waals surface area (Å²) in [5.41, 5.74) is 0. The number of carbonyl (C=O) groups excluding carboxylic acids is 1. The number of aliphatic hydroxyl groups excluding tert-OH is 1. The molecule has 0 aliphatic heterocycles. The van der Waals surface area contributed by atoms with Crippen molar-refractivity contribution in [1.29, 1.82) is 0 Å². The van der Waals surface area contributed by atoms with Gasteiger partial charge in [-0.15, -0.1) is 0 Å². The molecule has 1 aliphatic rings. The van der Waals surface area contributed by atoms with Gasteiger partial charge in [-0.1, -0.05) is 12.8 Å². The molecule has 0 saturated heterocycles. The van der Waals surface area contributed by atoms with Crippen LogP contribution in [-0.4, -0.2) is 41.8 Å². The summed E-state index contributed by atoms with van der Waals surface area (Å²) in [6.07, 6.45) is 4.35. The number of carbonyl (C=O) groups is 1. The molecule has 1 fully saturated rings. The van der Waals surface area contributed by atoms with Crippen molar-refractivity contribution in [2.45, 2.75) is 45.6 Å². The first-order chi connectivity index (χ1) is 7.72. The van der Waals surface area contributed by atoms with Crippen LogP contribution in [0.15, 0.2) is 0 Å². The van der Waals surface area contributed by atoms with E-state index < -0.39 is 0 Å². The summed E-state index contributed by atoms with van der Waals surface area (Å²) in [4.78, 5) is 13.6. The van der Waals surface area contributed by atoms with Crippen molar-refractivity contribution < 1.29 is 9.90 Å². The van der Waals surface area contributed by atoms with E-state index in [9.17, 15) is 9.90 Å². The van der Waals surface area contributed by atoms with Gasteiger partial charge in [0.1, 0.15) is 0 Å². The Kier molecular flexibility index (Phi) is 5.60. The Balaban J connectivity index is 2.47. The number of nitrogens with one attached hydrogen (secondary N) is 1. The molecule has 4 nitrogen and oxygen atoms in total. The molecule has 2 unspecified atom stereocenters. The molecule has 0 aromatic carbocycles. The second-order valence-electron chi connectivity index (χ2n) is 4.46. The molecule has 94 valence electrons. The van der Waals surface area contributed by atoms with Crippen LogP contribution in [0.3, 0.4) is 0 Å². The normalized spacial score (nSPS) is 25.2. The minimum atomic E-state index is 0.00958. The zero-order valence-electron chi connectivity index (χ0n) is 10.4. The van der Waals surface area contributed by atoms with Crippen LogP contribution in [0, 0.1) is 5.92 Å². The predicted molar refractivity (Wildman–Crippen MR) is 64.3 cm³/mol. The molecule has 2 atom stereocenters. The maximum Gasteiger partial charge on any atom is 0.317 e. The molecular formula is C12H24N2O2. The lowest BCUT2D eigenvalue weighted by Crippen LogP contribution is -2.49. The van der Waals surface area contributed by atoms with Crippen LogP contribution in [0.5, 0.6) is 0 Å². The number of urea groups is 1. The van der Waals surface area contributed by atoms with Crippen LogP contribution >= 0.6 is 0 Å². The molecule has 0 heterocycles. The van der Waals surface area contributed by atoms with Gasteiger partial charge in [0, 0.05) is 31.7 Å². The summed E-state index contributed by atoms with van der Waals surface area (Å²) in [5.74, 6) is 0.244. The van der Waals surface area contributed by atoms with Crippen LogP contribution in [0.2, 0.25) is 0 Å². The number of hydrogen-bond donors (Lipinski definition) is 2. The van der Waals surface area contributed by atoms with Crippen LogP contribution in [0.4, 0.5) is 4.79 Å². The van der Waals surface area contributed by atoms with Gasteiger partial charge in [-0.3, -0.25) is 0 Å². The lowest BCUT2D eigenvalue weighted by molar-refractivity contribution is 0.144. The maximum atomic E-state index is 11.9. The molecule has 0 bridgehead atoms. The fourth-order valence-corrected chi connectivity index (χ4v) is 2.38. The summed E-state index contributed by atoms with van der Waals surface area (Å²) in [5, 5.41) is 12.3. The molecule has 1 aliphatic carbocycles. The number of hydrogen-bond acceptors (Lipinski definition) is 2. The molecule has 0 spiro atoms. The van der Waals surface area contributed by atoms with Crippen molar-refractivity contribution in [2.24, 2.45) is 5.92 Å². The fraction of sp³-hybridized carbons (Fsp3) is 0.917. The molecule has 2 N–H and O–H groups in total. The van der Waals surface area contributed by atoms with Crippen molar-refractivity contribution in [1.82, 2.24) is 10.2 Å². The second-order valence-corrected chi connectivity index (χ2v) is 4.46. The number of nitrogens with zero attached hydrogens (tertiary/aromatic N) is 1. The van der Waals surface area contributed by atoms with Crippen molar-refractivity contribution >= 4 is 6.03 Å². The smallest absolute Gasteiger partial charge is 0.317 e. The molecular weight excluding hydrogens is 204 g/mol.